The fourth-order valence-corrected chi connectivity index (χ4v) is 1.79. The molecule has 0 aliphatic carbocycles. The van der Waals surface area contributed by atoms with Crippen molar-refractivity contribution in [3.8, 4) is 0 Å². The van der Waals surface area contributed by atoms with Gasteiger partial charge >= 0.3 is 0 Å². The van der Waals surface area contributed by atoms with Gasteiger partial charge in [-0.1, -0.05) is 11.2 Å². The summed E-state index contributed by atoms with van der Waals surface area (Å²) in [6.07, 6.45) is 3.37. The number of rotatable bonds is 3. The highest BCUT2D eigenvalue weighted by molar-refractivity contribution is 5.96. The standard InChI is InChI=1S/C13H14N4O2/c1-9-4-5-11(12(14)16-19)13(18)17(9)8-10-3-2-6-15-7-10/h2-7,19H,8H2,1H3,(H2,14,16). The van der Waals surface area contributed by atoms with E-state index in [0.29, 0.717) is 6.54 Å². The molecule has 0 amide bonds. The van der Waals surface area contributed by atoms with E-state index in [9.17, 15) is 4.79 Å². The first-order chi connectivity index (χ1) is 9.13. The quantitative estimate of drug-likeness (QED) is 0.366. The lowest BCUT2D eigenvalue weighted by Gasteiger charge is -2.11. The van der Waals surface area contributed by atoms with E-state index in [1.54, 1.807) is 29.1 Å². The Morgan fingerprint density at radius 3 is 2.89 bits per heavy atom. The number of aryl methyl sites for hydroxylation is 1. The normalized spacial score (nSPS) is 11.5. The fraction of sp³-hybridized carbons (Fsp3) is 0.154. The average molecular weight is 258 g/mol. The third-order valence-electron chi connectivity index (χ3n) is 2.84. The van der Waals surface area contributed by atoms with E-state index >= 15 is 0 Å². The summed E-state index contributed by atoms with van der Waals surface area (Å²) in [5.74, 6) is -0.190. The highest BCUT2D eigenvalue weighted by atomic mass is 16.4. The van der Waals surface area contributed by atoms with Crippen molar-refractivity contribution >= 4 is 5.84 Å². The molecule has 0 aliphatic rings. The van der Waals surface area contributed by atoms with Crippen LogP contribution in [0.5, 0.6) is 0 Å². The third kappa shape index (κ3) is 2.62. The van der Waals surface area contributed by atoms with Crippen LogP contribution in [-0.2, 0) is 6.54 Å². The molecule has 98 valence electrons. The lowest BCUT2D eigenvalue weighted by Crippen LogP contribution is -2.31. The van der Waals surface area contributed by atoms with Crippen LogP contribution in [0.25, 0.3) is 0 Å². The molecule has 0 unspecified atom stereocenters. The van der Waals surface area contributed by atoms with Crippen LogP contribution in [0.4, 0.5) is 0 Å². The van der Waals surface area contributed by atoms with Gasteiger partial charge in [0.2, 0.25) is 0 Å². The zero-order valence-corrected chi connectivity index (χ0v) is 10.4. The third-order valence-corrected chi connectivity index (χ3v) is 2.84. The van der Waals surface area contributed by atoms with Crippen LogP contribution >= 0.6 is 0 Å². The highest BCUT2D eigenvalue weighted by Crippen LogP contribution is 2.03. The van der Waals surface area contributed by atoms with Crippen LogP contribution in [0.2, 0.25) is 0 Å². The van der Waals surface area contributed by atoms with Crippen LogP contribution in [-0.4, -0.2) is 20.6 Å². The molecule has 6 nitrogen and oxygen atoms in total. The number of hydrogen-bond donors (Lipinski definition) is 2. The highest BCUT2D eigenvalue weighted by Gasteiger charge is 2.10. The molecule has 0 aromatic carbocycles. The topological polar surface area (TPSA) is 93.5 Å². The van der Waals surface area contributed by atoms with Crippen molar-refractivity contribution in [2.75, 3.05) is 0 Å². The van der Waals surface area contributed by atoms with Crippen molar-refractivity contribution in [1.29, 1.82) is 0 Å². The molecule has 3 N–H and O–H groups in total. The molecule has 0 aliphatic heterocycles. The van der Waals surface area contributed by atoms with E-state index in [2.05, 4.69) is 10.1 Å². The Balaban J connectivity index is 2.49. The molecule has 2 aromatic rings. The average Bonchev–Trinajstić information content (AvgIpc) is 2.44. The molecule has 0 bridgehead atoms. The van der Waals surface area contributed by atoms with Crippen molar-refractivity contribution in [3.05, 3.63) is 63.8 Å². The minimum absolute atomic E-state index is 0.178. The van der Waals surface area contributed by atoms with Crippen LogP contribution in [0.3, 0.4) is 0 Å². The van der Waals surface area contributed by atoms with Crippen LogP contribution in [0.15, 0.2) is 46.6 Å². The second kappa shape index (κ2) is 5.34. The van der Waals surface area contributed by atoms with E-state index in [4.69, 9.17) is 10.9 Å². The van der Waals surface area contributed by atoms with Gasteiger partial charge in [0.1, 0.15) is 0 Å². The molecule has 0 saturated heterocycles. The summed E-state index contributed by atoms with van der Waals surface area (Å²) in [5.41, 5.74) is 7.07. The SMILES string of the molecule is Cc1ccc(/C(N)=N/O)c(=O)n1Cc1cccnc1. The van der Waals surface area contributed by atoms with Gasteiger partial charge in [-0.2, -0.15) is 0 Å². The van der Waals surface area contributed by atoms with Crippen LogP contribution < -0.4 is 11.3 Å². The zero-order valence-electron chi connectivity index (χ0n) is 10.4. The number of aromatic nitrogens is 2. The van der Waals surface area contributed by atoms with Crippen molar-refractivity contribution in [2.45, 2.75) is 13.5 Å². The van der Waals surface area contributed by atoms with Gasteiger partial charge in [0.25, 0.3) is 5.56 Å². The summed E-state index contributed by atoms with van der Waals surface area (Å²) in [7, 11) is 0. The van der Waals surface area contributed by atoms with Gasteiger partial charge in [0.15, 0.2) is 5.84 Å². The monoisotopic (exact) mass is 258 g/mol. The van der Waals surface area contributed by atoms with Gasteiger partial charge in [-0.15, -0.1) is 0 Å². The van der Waals surface area contributed by atoms with Gasteiger partial charge in [-0.05, 0) is 30.7 Å². The lowest BCUT2D eigenvalue weighted by atomic mass is 10.2. The Morgan fingerprint density at radius 2 is 2.26 bits per heavy atom. The fourth-order valence-electron chi connectivity index (χ4n) is 1.79. The van der Waals surface area contributed by atoms with Crippen molar-refractivity contribution in [1.82, 2.24) is 9.55 Å². The van der Waals surface area contributed by atoms with Gasteiger partial charge in [0.05, 0.1) is 12.1 Å². The number of pyridine rings is 2. The number of amidine groups is 1. The summed E-state index contributed by atoms with van der Waals surface area (Å²) in [6.45, 7) is 2.22. The Labute approximate surface area is 109 Å². The first kappa shape index (κ1) is 12.8. The Morgan fingerprint density at radius 1 is 1.47 bits per heavy atom. The molecule has 2 aromatic heterocycles. The summed E-state index contributed by atoms with van der Waals surface area (Å²) in [5, 5.41) is 11.5. The second-order valence-electron chi connectivity index (χ2n) is 4.13. The van der Waals surface area contributed by atoms with Gasteiger partial charge < -0.3 is 15.5 Å². The van der Waals surface area contributed by atoms with E-state index in [1.165, 1.54) is 0 Å². The zero-order chi connectivity index (χ0) is 13.8. The molecule has 19 heavy (non-hydrogen) atoms. The summed E-state index contributed by atoms with van der Waals surface area (Å²) in [6, 6.07) is 7.00. The molecular weight excluding hydrogens is 244 g/mol. The summed E-state index contributed by atoms with van der Waals surface area (Å²) >= 11 is 0. The minimum Gasteiger partial charge on any atom is -0.409 e. The minimum atomic E-state index is -0.292. The van der Waals surface area contributed by atoms with Gasteiger partial charge in [-0.3, -0.25) is 9.78 Å². The molecule has 0 saturated carbocycles. The van der Waals surface area contributed by atoms with E-state index < -0.39 is 0 Å². The Kier molecular flexibility index (Phi) is 3.61. The maximum atomic E-state index is 12.3. The molecule has 6 heteroatoms. The number of oxime groups is 1. The second-order valence-corrected chi connectivity index (χ2v) is 4.13. The van der Waals surface area contributed by atoms with E-state index in [1.807, 2.05) is 19.1 Å². The predicted molar refractivity (Wildman–Crippen MR) is 71.3 cm³/mol. The largest absolute Gasteiger partial charge is 0.409 e. The summed E-state index contributed by atoms with van der Waals surface area (Å²) in [4.78, 5) is 16.3. The smallest absolute Gasteiger partial charge is 0.262 e. The van der Waals surface area contributed by atoms with Crippen molar-refractivity contribution in [3.63, 3.8) is 0 Å². The number of hydrogen-bond acceptors (Lipinski definition) is 4. The molecule has 2 rings (SSSR count). The van der Waals surface area contributed by atoms with Crippen molar-refractivity contribution < 1.29 is 5.21 Å². The lowest BCUT2D eigenvalue weighted by molar-refractivity contribution is 0.318. The van der Waals surface area contributed by atoms with Crippen molar-refractivity contribution in [2.24, 2.45) is 10.9 Å². The van der Waals surface area contributed by atoms with Crippen LogP contribution in [0, 0.1) is 6.92 Å². The molecular formula is C13H14N4O2. The predicted octanol–water partition coefficient (Wildman–Crippen LogP) is 0.695. The number of nitrogens with two attached hydrogens (primary N) is 1. The van der Waals surface area contributed by atoms with Gasteiger partial charge in [0, 0.05) is 18.1 Å². The van der Waals surface area contributed by atoms with Gasteiger partial charge in [-0.25, -0.2) is 0 Å². The first-order valence-electron chi connectivity index (χ1n) is 5.70. The van der Waals surface area contributed by atoms with E-state index in [0.717, 1.165) is 11.3 Å². The Hall–Kier alpha value is -2.63. The Bertz CT molecular complexity index is 662. The van der Waals surface area contributed by atoms with E-state index in [-0.39, 0.29) is 17.0 Å². The molecule has 0 fully saturated rings. The number of nitrogens with zero attached hydrogens (tertiary/aromatic N) is 3. The molecule has 0 atom stereocenters. The first-order valence-corrected chi connectivity index (χ1v) is 5.70. The maximum Gasteiger partial charge on any atom is 0.262 e. The molecule has 2 heterocycles. The summed E-state index contributed by atoms with van der Waals surface area (Å²) < 4.78 is 1.56. The maximum absolute atomic E-state index is 12.3. The molecule has 0 radical (unpaired) electrons. The molecule has 0 spiro atoms. The van der Waals surface area contributed by atoms with Crippen LogP contribution in [0.1, 0.15) is 16.8 Å².